The molecule has 0 heterocycles. The molecule has 0 spiro atoms. The molecule has 1 aliphatic rings. The van der Waals surface area contributed by atoms with Crippen LogP contribution in [0, 0.1) is 0 Å². The van der Waals surface area contributed by atoms with Gasteiger partial charge < -0.3 is 20.3 Å². The molecule has 0 saturated carbocycles. The Bertz CT molecular complexity index is 959. The molecule has 0 fully saturated rings. The van der Waals surface area contributed by atoms with E-state index in [2.05, 4.69) is 5.32 Å². The monoisotopic (exact) mass is 407 g/mol. The number of fused-ring (bicyclic) bond motifs is 3. The van der Waals surface area contributed by atoms with Crippen LogP contribution < -0.4 is 5.32 Å². The Morgan fingerprint density at radius 3 is 2.10 bits per heavy atom. The third-order valence-corrected chi connectivity index (χ3v) is 5.07. The number of hydrogen-bond acceptors (Lipinski definition) is 4. The predicted molar refractivity (Wildman–Crippen MR) is 114 cm³/mol. The number of hydrogen-bond donors (Lipinski definition) is 3. The number of carboxylic acids is 1. The van der Waals surface area contributed by atoms with E-state index >= 15 is 0 Å². The first kappa shape index (κ1) is 21.2. The summed E-state index contributed by atoms with van der Waals surface area (Å²) in [6, 6.07) is 14.9. The molecule has 0 aromatic heterocycles. The topological polar surface area (TPSA) is 95.9 Å². The number of aliphatic hydroxyl groups is 1. The molecule has 3 rings (SSSR count). The Kier molecular flexibility index (Phi) is 6.57. The van der Waals surface area contributed by atoms with Gasteiger partial charge in [0.25, 0.3) is 0 Å². The van der Waals surface area contributed by atoms with Gasteiger partial charge in [-0.05, 0) is 48.6 Å². The molecule has 2 aromatic carbocycles. The van der Waals surface area contributed by atoms with Gasteiger partial charge in [-0.1, -0.05) is 60.2 Å². The highest BCUT2D eigenvalue weighted by atomic mass is 16.5. The molecule has 1 atom stereocenters. The number of carboxylic acid groups (broad SMARTS) is 1. The third-order valence-electron chi connectivity index (χ3n) is 5.07. The zero-order valence-corrected chi connectivity index (χ0v) is 17.0. The molecule has 0 radical (unpaired) electrons. The van der Waals surface area contributed by atoms with E-state index in [0.29, 0.717) is 5.57 Å². The number of aliphatic hydroxyl groups excluding tert-OH is 1. The fourth-order valence-corrected chi connectivity index (χ4v) is 3.64. The number of amides is 1. The minimum atomic E-state index is -1.15. The summed E-state index contributed by atoms with van der Waals surface area (Å²) in [7, 11) is 0. The van der Waals surface area contributed by atoms with Crippen molar-refractivity contribution in [1.29, 1.82) is 0 Å². The second-order valence-electron chi connectivity index (χ2n) is 7.39. The summed E-state index contributed by atoms with van der Waals surface area (Å²) < 4.78 is 5.42. The SMILES string of the molecule is C/C(O)=C\C=C(/C)CC(NC(=O)OCC1c2ccccc2-c2ccccc21)C(=O)O. The average molecular weight is 407 g/mol. The lowest BCUT2D eigenvalue weighted by atomic mass is 9.98. The lowest BCUT2D eigenvalue weighted by Crippen LogP contribution is -2.41. The first-order valence-corrected chi connectivity index (χ1v) is 9.74. The zero-order valence-electron chi connectivity index (χ0n) is 17.0. The molecule has 1 aliphatic carbocycles. The van der Waals surface area contributed by atoms with Crippen molar-refractivity contribution in [2.24, 2.45) is 0 Å². The van der Waals surface area contributed by atoms with Gasteiger partial charge in [0, 0.05) is 5.92 Å². The fourth-order valence-electron chi connectivity index (χ4n) is 3.64. The number of carbonyl (C=O) groups is 2. The van der Waals surface area contributed by atoms with Crippen molar-refractivity contribution >= 4 is 12.1 Å². The minimum absolute atomic E-state index is 0.0919. The van der Waals surface area contributed by atoms with Crippen LogP contribution in [0.15, 0.2) is 72.0 Å². The van der Waals surface area contributed by atoms with Gasteiger partial charge in [-0.2, -0.15) is 0 Å². The number of alkyl carbamates (subject to hydrolysis) is 1. The van der Waals surface area contributed by atoms with Crippen molar-refractivity contribution in [3.8, 4) is 11.1 Å². The number of benzene rings is 2. The Hall–Kier alpha value is -3.54. The van der Waals surface area contributed by atoms with E-state index < -0.39 is 18.1 Å². The predicted octanol–water partition coefficient (Wildman–Crippen LogP) is 4.78. The summed E-state index contributed by atoms with van der Waals surface area (Å²) in [6.07, 6.45) is 2.42. The largest absolute Gasteiger partial charge is 0.513 e. The van der Waals surface area contributed by atoms with Crippen LogP contribution in [-0.4, -0.2) is 34.9 Å². The van der Waals surface area contributed by atoms with Crippen molar-refractivity contribution in [2.75, 3.05) is 6.61 Å². The number of nitrogens with one attached hydrogen (secondary N) is 1. The summed E-state index contributed by atoms with van der Waals surface area (Å²) in [5.74, 6) is -1.13. The van der Waals surface area contributed by atoms with Gasteiger partial charge in [0.2, 0.25) is 0 Å². The van der Waals surface area contributed by atoms with Crippen LogP contribution in [0.4, 0.5) is 4.79 Å². The summed E-state index contributed by atoms with van der Waals surface area (Å²) in [4.78, 5) is 23.9. The minimum Gasteiger partial charge on any atom is -0.513 e. The van der Waals surface area contributed by atoms with Gasteiger partial charge in [0.1, 0.15) is 12.6 Å². The van der Waals surface area contributed by atoms with Crippen LogP contribution in [0.1, 0.15) is 37.3 Å². The van der Waals surface area contributed by atoms with Gasteiger partial charge >= 0.3 is 12.1 Å². The quantitative estimate of drug-likeness (QED) is 0.454. The normalized spacial score (nSPS) is 14.6. The highest BCUT2D eigenvalue weighted by Gasteiger charge is 2.29. The van der Waals surface area contributed by atoms with E-state index in [1.54, 1.807) is 13.0 Å². The second kappa shape index (κ2) is 9.31. The van der Waals surface area contributed by atoms with Crippen LogP contribution in [0.5, 0.6) is 0 Å². The van der Waals surface area contributed by atoms with Crippen molar-refractivity contribution in [1.82, 2.24) is 5.32 Å². The number of aliphatic carboxylic acids is 1. The molecule has 6 nitrogen and oxygen atoms in total. The van der Waals surface area contributed by atoms with Crippen LogP contribution in [-0.2, 0) is 9.53 Å². The van der Waals surface area contributed by atoms with Crippen LogP contribution in [0.2, 0.25) is 0 Å². The molecule has 2 aromatic rings. The molecule has 6 heteroatoms. The average Bonchev–Trinajstić information content (AvgIpc) is 3.04. The number of allylic oxidation sites excluding steroid dienone is 3. The highest BCUT2D eigenvalue weighted by Crippen LogP contribution is 2.44. The molecule has 156 valence electrons. The smallest absolute Gasteiger partial charge is 0.407 e. The van der Waals surface area contributed by atoms with E-state index in [9.17, 15) is 19.8 Å². The summed E-state index contributed by atoms with van der Waals surface area (Å²) in [5.41, 5.74) is 5.13. The van der Waals surface area contributed by atoms with Crippen molar-refractivity contribution in [3.63, 3.8) is 0 Å². The Morgan fingerprint density at radius 1 is 1.00 bits per heavy atom. The summed E-state index contributed by atoms with van der Waals surface area (Å²) in [6.45, 7) is 3.37. The lowest BCUT2D eigenvalue weighted by Gasteiger charge is -2.17. The molecular weight excluding hydrogens is 382 g/mol. The van der Waals surface area contributed by atoms with Gasteiger partial charge in [-0.15, -0.1) is 0 Å². The van der Waals surface area contributed by atoms with E-state index in [1.807, 2.05) is 48.5 Å². The third kappa shape index (κ3) is 4.89. The van der Waals surface area contributed by atoms with Crippen LogP contribution in [0.3, 0.4) is 0 Å². The van der Waals surface area contributed by atoms with E-state index in [1.165, 1.54) is 13.0 Å². The molecule has 3 N–H and O–H groups in total. The van der Waals surface area contributed by atoms with Crippen LogP contribution in [0.25, 0.3) is 11.1 Å². The number of ether oxygens (including phenoxy) is 1. The first-order valence-electron chi connectivity index (χ1n) is 9.74. The highest BCUT2D eigenvalue weighted by molar-refractivity contribution is 5.81. The van der Waals surface area contributed by atoms with Gasteiger partial charge in [-0.3, -0.25) is 0 Å². The molecular formula is C24H25NO5. The maximum Gasteiger partial charge on any atom is 0.407 e. The van der Waals surface area contributed by atoms with E-state index in [0.717, 1.165) is 22.3 Å². The van der Waals surface area contributed by atoms with Crippen molar-refractivity contribution in [3.05, 3.63) is 83.1 Å². The van der Waals surface area contributed by atoms with Gasteiger partial charge in [0.15, 0.2) is 0 Å². The van der Waals surface area contributed by atoms with Crippen molar-refractivity contribution < 1.29 is 24.5 Å². The molecule has 0 aliphatic heterocycles. The number of carbonyl (C=O) groups excluding carboxylic acids is 1. The van der Waals surface area contributed by atoms with E-state index in [-0.39, 0.29) is 24.7 Å². The number of rotatable bonds is 7. The Morgan fingerprint density at radius 2 is 1.57 bits per heavy atom. The second-order valence-corrected chi connectivity index (χ2v) is 7.39. The Balaban J connectivity index is 1.66. The lowest BCUT2D eigenvalue weighted by molar-refractivity contribution is -0.139. The summed E-state index contributed by atoms with van der Waals surface area (Å²) in [5, 5.41) is 21.1. The maximum atomic E-state index is 12.3. The fraction of sp³-hybridized carbons (Fsp3) is 0.250. The standard InChI is InChI=1S/C24H25NO5/c1-15(11-12-16(2)26)13-22(23(27)28)25-24(29)30-14-21-19-9-5-3-7-17(19)18-8-4-6-10-20(18)21/h3-12,21-22,26H,13-14H2,1-2H3,(H,25,29)(H,27,28)/b15-11+,16-12+. The van der Waals surface area contributed by atoms with Crippen LogP contribution >= 0.6 is 0 Å². The molecule has 0 saturated heterocycles. The zero-order chi connectivity index (χ0) is 21.7. The molecule has 1 unspecified atom stereocenters. The molecule has 30 heavy (non-hydrogen) atoms. The van der Waals surface area contributed by atoms with Crippen molar-refractivity contribution in [2.45, 2.75) is 32.2 Å². The maximum absolute atomic E-state index is 12.3. The Labute approximate surface area is 175 Å². The summed E-state index contributed by atoms with van der Waals surface area (Å²) >= 11 is 0. The first-order chi connectivity index (χ1) is 14.4. The molecule has 0 bridgehead atoms. The van der Waals surface area contributed by atoms with Gasteiger partial charge in [0.05, 0.1) is 5.76 Å². The van der Waals surface area contributed by atoms with Gasteiger partial charge in [-0.25, -0.2) is 9.59 Å². The van der Waals surface area contributed by atoms with E-state index in [4.69, 9.17) is 4.74 Å². The molecule has 1 amide bonds.